The molecule has 0 spiro atoms. The SMILES string of the molecule is BrC1CNC2CCCNC2C1. The molecule has 2 nitrogen and oxygen atoms in total. The largest absolute Gasteiger partial charge is 0.312 e. The highest BCUT2D eigenvalue weighted by molar-refractivity contribution is 9.09. The van der Waals surface area contributed by atoms with E-state index in [4.69, 9.17) is 0 Å². The van der Waals surface area contributed by atoms with Gasteiger partial charge >= 0.3 is 0 Å². The minimum Gasteiger partial charge on any atom is -0.312 e. The van der Waals surface area contributed by atoms with Crippen molar-refractivity contribution in [3.63, 3.8) is 0 Å². The molecule has 0 aromatic carbocycles. The van der Waals surface area contributed by atoms with E-state index < -0.39 is 0 Å². The molecular formula is C8H15BrN2. The van der Waals surface area contributed by atoms with Crippen molar-refractivity contribution in [2.75, 3.05) is 13.1 Å². The second-order valence-electron chi connectivity index (χ2n) is 3.55. The summed E-state index contributed by atoms with van der Waals surface area (Å²) in [4.78, 5) is 0.675. The molecular weight excluding hydrogens is 204 g/mol. The summed E-state index contributed by atoms with van der Waals surface area (Å²) in [5, 5.41) is 7.12. The van der Waals surface area contributed by atoms with Crippen LogP contribution in [0.1, 0.15) is 19.3 Å². The number of halogens is 1. The van der Waals surface area contributed by atoms with Crippen molar-refractivity contribution in [1.82, 2.24) is 10.6 Å². The van der Waals surface area contributed by atoms with Gasteiger partial charge in [0.25, 0.3) is 0 Å². The topological polar surface area (TPSA) is 24.1 Å². The van der Waals surface area contributed by atoms with Gasteiger partial charge in [-0.25, -0.2) is 0 Å². The summed E-state index contributed by atoms with van der Waals surface area (Å²) >= 11 is 3.65. The summed E-state index contributed by atoms with van der Waals surface area (Å²) in [6, 6.07) is 1.47. The summed E-state index contributed by atoms with van der Waals surface area (Å²) in [6.07, 6.45) is 3.98. The molecule has 2 aliphatic rings. The van der Waals surface area contributed by atoms with Gasteiger partial charge in [-0.1, -0.05) is 15.9 Å². The third kappa shape index (κ3) is 1.76. The molecule has 3 atom stereocenters. The van der Waals surface area contributed by atoms with E-state index in [1.807, 2.05) is 0 Å². The van der Waals surface area contributed by atoms with E-state index in [9.17, 15) is 0 Å². The summed E-state index contributed by atoms with van der Waals surface area (Å²) < 4.78 is 0. The molecule has 0 aromatic heterocycles. The van der Waals surface area contributed by atoms with Gasteiger partial charge in [-0.3, -0.25) is 0 Å². The first-order valence-corrected chi connectivity index (χ1v) is 5.38. The van der Waals surface area contributed by atoms with E-state index in [0.717, 1.165) is 18.6 Å². The van der Waals surface area contributed by atoms with Crippen LogP contribution in [0.4, 0.5) is 0 Å². The van der Waals surface area contributed by atoms with E-state index in [2.05, 4.69) is 26.6 Å². The van der Waals surface area contributed by atoms with Gasteiger partial charge in [0.05, 0.1) is 0 Å². The highest BCUT2D eigenvalue weighted by Gasteiger charge is 2.30. The Morgan fingerprint density at radius 1 is 1.18 bits per heavy atom. The van der Waals surface area contributed by atoms with Crippen LogP contribution in [0.5, 0.6) is 0 Å². The molecule has 0 amide bonds. The van der Waals surface area contributed by atoms with Crippen LogP contribution in [0.25, 0.3) is 0 Å². The maximum atomic E-state index is 3.65. The fourth-order valence-electron chi connectivity index (χ4n) is 2.08. The third-order valence-corrected chi connectivity index (χ3v) is 3.39. The van der Waals surface area contributed by atoms with Gasteiger partial charge in [-0.05, 0) is 25.8 Å². The quantitative estimate of drug-likeness (QED) is 0.590. The summed E-state index contributed by atoms with van der Waals surface area (Å²) in [5.74, 6) is 0. The average molecular weight is 219 g/mol. The van der Waals surface area contributed by atoms with Crippen molar-refractivity contribution in [3.05, 3.63) is 0 Å². The predicted octanol–water partition coefficient (Wildman–Crippen LogP) is 0.864. The second-order valence-corrected chi connectivity index (χ2v) is 4.85. The zero-order valence-electron chi connectivity index (χ0n) is 6.65. The minimum absolute atomic E-state index is 0.675. The number of piperidine rings is 2. The molecule has 3 unspecified atom stereocenters. The van der Waals surface area contributed by atoms with Gasteiger partial charge in [0, 0.05) is 23.5 Å². The van der Waals surface area contributed by atoms with Gasteiger partial charge in [0.1, 0.15) is 0 Å². The summed E-state index contributed by atoms with van der Waals surface area (Å²) in [6.45, 7) is 2.35. The lowest BCUT2D eigenvalue weighted by molar-refractivity contribution is 0.257. The highest BCUT2D eigenvalue weighted by Crippen LogP contribution is 2.20. The van der Waals surface area contributed by atoms with Crippen molar-refractivity contribution >= 4 is 15.9 Å². The third-order valence-electron chi connectivity index (χ3n) is 2.70. The van der Waals surface area contributed by atoms with Crippen LogP contribution in [-0.4, -0.2) is 30.0 Å². The van der Waals surface area contributed by atoms with Crippen molar-refractivity contribution in [2.24, 2.45) is 0 Å². The molecule has 3 heteroatoms. The average Bonchev–Trinajstić information content (AvgIpc) is 2.04. The Hall–Kier alpha value is 0.400. The molecule has 2 N–H and O–H groups in total. The molecule has 0 aliphatic carbocycles. The molecule has 2 fully saturated rings. The number of alkyl halides is 1. The Bertz CT molecular complexity index is 140. The Labute approximate surface area is 76.2 Å². The molecule has 0 saturated carbocycles. The van der Waals surface area contributed by atoms with Crippen molar-refractivity contribution in [2.45, 2.75) is 36.2 Å². The van der Waals surface area contributed by atoms with Gasteiger partial charge < -0.3 is 10.6 Å². The molecule has 0 aromatic rings. The monoisotopic (exact) mass is 218 g/mol. The van der Waals surface area contributed by atoms with Crippen LogP contribution in [0, 0.1) is 0 Å². The number of hydrogen-bond donors (Lipinski definition) is 2. The van der Waals surface area contributed by atoms with Gasteiger partial charge in [-0.15, -0.1) is 0 Å². The van der Waals surface area contributed by atoms with E-state index >= 15 is 0 Å². The number of fused-ring (bicyclic) bond motifs is 1. The normalized spacial score (nSPS) is 45.0. The maximum Gasteiger partial charge on any atom is 0.0286 e. The molecule has 11 heavy (non-hydrogen) atoms. The Balaban J connectivity index is 1.93. The first kappa shape index (κ1) is 8.02. The zero-order chi connectivity index (χ0) is 7.68. The lowest BCUT2D eigenvalue weighted by Gasteiger charge is -2.39. The highest BCUT2D eigenvalue weighted by atomic mass is 79.9. The predicted molar refractivity (Wildman–Crippen MR) is 50.1 cm³/mol. The Morgan fingerprint density at radius 3 is 3.00 bits per heavy atom. The van der Waals surface area contributed by atoms with Crippen LogP contribution >= 0.6 is 15.9 Å². The van der Waals surface area contributed by atoms with Crippen molar-refractivity contribution in [3.8, 4) is 0 Å². The lowest BCUT2D eigenvalue weighted by Crippen LogP contribution is -2.57. The zero-order valence-corrected chi connectivity index (χ0v) is 8.23. The lowest BCUT2D eigenvalue weighted by atomic mass is 9.91. The van der Waals surface area contributed by atoms with Crippen molar-refractivity contribution in [1.29, 1.82) is 0 Å². The molecule has 64 valence electrons. The molecule has 2 saturated heterocycles. The number of nitrogens with one attached hydrogen (secondary N) is 2. The van der Waals surface area contributed by atoms with Crippen molar-refractivity contribution < 1.29 is 0 Å². The molecule has 2 heterocycles. The van der Waals surface area contributed by atoms with Crippen LogP contribution in [0.2, 0.25) is 0 Å². The molecule has 0 radical (unpaired) electrons. The smallest absolute Gasteiger partial charge is 0.0286 e. The molecule has 2 rings (SSSR count). The minimum atomic E-state index is 0.675. The van der Waals surface area contributed by atoms with Gasteiger partial charge in [-0.2, -0.15) is 0 Å². The fourth-order valence-corrected chi connectivity index (χ4v) is 2.67. The van der Waals surface area contributed by atoms with Gasteiger partial charge in [0.15, 0.2) is 0 Å². The number of rotatable bonds is 0. The first-order chi connectivity index (χ1) is 5.36. The van der Waals surface area contributed by atoms with E-state index in [0.29, 0.717) is 4.83 Å². The Kier molecular flexibility index (Phi) is 2.49. The first-order valence-electron chi connectivity index (χ1n) is 4.47. The van der Waals surface area contributed by atoms with E-state index in [-0.39, 0.29) is 0 Å². The standard InChI is InChI=1S/C8H15BrN2/c9-6-4-8-7(11-5-6)2-1-3-10-8/h6-8,10-11H,1-5H2. The molecule has 2 aliphatic heterocycles. The van der Waals surface area contributed by atoms with E-state index in [1.165, 1.54) is 25.8 Å². The van der Waals surface area contributed by atoms with Crippen LogP contribution in [0.15, 0.2) is 0 Å². The maximum absolute atomic E-state index is 3.65. The fraction of sp³-hybridized carbons (Fsp3) is 1.00. The van der Waals surface area contributed by atoms with E-state index in [1.54, 1.807) is 0 Å². The summed E-state index contributed by atoms with van der Waals surface area (Å²) in [7, 11) is 0. The van der Waals surface area contributed by atoms with Gasteiger partial charge in [0.2, 0.25) is 0 Å². The van der Waals surface area contributed by atoms with Crippen LogP contribution in [0.3, 0.4) is 0 Å². The summed E-state index contributed by atoms with van der Waals surface area (Å²) in [5.41, 5.74) is 0. The second kappa shape index (κ2) is 3.42. The van der Waals surface area contributed by atoms with Crippen LogP contribution < -0.4 is 10.6 Å². The molecule has 0 bridgehead atoms. The number of hydrogen-bond acceptors (Lipinski definition) is 2. The Morgan fingerprint density at radius 2 is 2.09 bits per heavy atom. The van der Waals surface area contributed by atoms with Crippen LogP contribution in [-0.2, 0) is 0 Å².